The molecule has 0 aliphatic heterocycles. The molecular weight excluding hydrogens is 256 g/mol. The summed E-state index contributed by atoms with van der Waals surface area (Å²) in [5.74, 6) is 0. The number of alkyl carbamates (subject to hydrolysis) is 1. The largest absolute Gasteiger partial charge is 0.444 e. The number of hydrogen-bond acceptors (Lipinski definition) is 4. The number of carbonyl (C=O) groups excluding carboxylic acids is 1. The number of nitrogens with one attached hydrogen (secondary N) is 2. The third kappa shape index (κ3) is 4.94. The summed E-state index contributed by atoms with van der Waals surface area (Å²) in [6.45, 7) is 5.62. The van der Waals surface area contributed by atoms with Crippen molar-refractivity contribution in [2.75, 3.05) is 0 Å². The first kappa shape index (κ1) is 15.6. The van der Waals surface area contributed by atoms with Crippen LogP contribution in [-0.2, 0) is 4.74 Å². The molecule has 0 radical (unpaired) electrons. The number of aliphatic hydroxyl groups is 1. The minimum atomic E-state index is -0.446. The summed E-state index contributed by atoms with van der Waals surface area (Å²) in [5, 5.41) is 15.9. The van der Waals surface area contributed by atoms with Crippen LogP contribution in [0.1, 0.15) is 59.3 Å². The van der Waals surface area contributed by atoms with Gasteiger partial charge < -0.3 is 20.5 Å². The van der Waals surface area contributed by atoms with Gasteiger partial charge in [0, 0.05) is 18.1 Å². The molecule has 116 valence electrons. The number of carbonyl (C=O) groups is 1. The van der Waals surface area contributed by atoms with Crippen molar-refractivity contribution in [2.24, 2.45) is 0 Å². The van der Waals surface area contributed by atoms with Gasteiger partial charge in [-0.05, 0) is 59.3 Å². The molecule has 0 aromatic carbocycles. The molecule has 20 heavy (non-hydrogen) atoms. The lowest BCUT2D eigenvalue weighted by Gasteiger charge is -2.38. The highest BCUT2D eigenvalue weighted by molar-refractivity contribution is 5.68. The van der Waals surface area contributed by atoms with E-state index in [1.165, 1.54) is 0 Å². The molecule has 2 saturated carbocycles. The van der Waals surface area contributed by atoms with Crippen molar-refractivity contribution in [3.05, 3.63) is 0 Å². The van der Waals surface area contributed by atoms with Crippen molar-refractivity contribution in [3.63, 3.8) is 0 Å². The van der Waals surface area contributed by atoms with Crippen LogP contribution < -0.4 is 10.6 Å². The Morgan fingerprint density at radius 3 is 2.35 bits per heavy atom. The maximum Gasteiger partial charge on any atom is 0.407 e. The van der Waals surface area contributed by atoms with Crippen molar-refractivity contribution in [1.29, 1.82) is 0 Å². The Morgan fingerprint density at radius 1 is 1.10 bits per heavy atom. The molecular formula is C15H28N2O3. The van der Waals surface area contributed by atoms with Crippen LogP contribution in [0, 0.1) is 0 Å². The molecule has 5 heteroatoms. The van der Waals surface area contributed by atoms with Crippen LogP contribution in [0.25, 0.3) is 0 Å². The molecule has 5 nitrogen and oxygen atoms in total. The summed E-state index contributed by atoms with van der Waals surface area (Å²) in [6.07, 6.45) is 5.53. The normalized spacial score (nSPS) is 34.2. The van der Waals surface area contributed by atoms with E-state index in [1.807, 2.05) is 20.8 Å². The van der Waals surface area contributed by atoms with Gasteiger partial charge in [-0.3, -0.25) is 0 Å². The van der Waals surface area contributed by atoms with E-state index in [-0.39, 0.29) is 18.2 Å². The molecule has 2 atom stereocenters. The van der Waals surface area contributed by atoms with Gasteiger partial charge in [0.25, 0.3) is 0 Å². The van der Waals surface area contributed by atoms with Crippen molar-refractivity contribution in [3.8, 4) is 0 Å². The van der Waals surface area contributed by atoms with Gasteiger partial charge in [0.05, 0.1) is 6.10 Å². The van der Waals surface area contributed by atoms with Crippen molar-refractivity contribution in [2.45, 2.75) is 89.1 Å². The van der Waals surface area contributed by atoms with Crippen LogP contribution in [0.4, 0.5) is 4.79 Å². The highest BCUT2D eigenvalue weighted by atomic mass is 16.6. The van der Waals surface area contributed by atoms with Crippen molar-refractivity contribution >= 4 is 6.09 Å². The Hall–Kier alpha value is -0.810. The van der Waals surface area contributed by atoms with Gasteiger partial charge in [-0.15, -0.1) is 0 Å². The standard InChI is InChI=1S/C15H28N2O3/c1-15(2,3)20-14(19)17-11-6-4-5-10(7-11)16-12-8-13(18)9-12/h10-13,16,18H,4-9H2,1-3H3,(H,17,19). The summed E-state index contributed by atoms with van der Waals surface area (Å²) in [7, 11) is 0. The van der Waals surface area contributed by atoms with Crippen LogP contribution in [0.2, 0.25) is 0 Å². The second kappa shape index (κ2) is 6.31. The molecule has 0 spiro atoms. The van der Waals surface area contributed by atoms with E-state index in [9.17, 15) is 9.90 Å². The van der Waals surface area contributed by atoms with Crippen LogP contribution in [-0.4, -0.2) is 41.0 Å². The molecule has 2 aliphatic carbocycles. The molecule has 2 rings (SSSR count). The van der Waals surface area contributed by atoms with Crippen molar-refractivity contribution in [1.82, 2.24) is 10.6 Å². The van der Waals surface area contributed by atoms with E-state index in [4.69, 9.17) is 4.74 Å². The molecule has 0 aromatic heterocycles. The van der Waals surface area contributed by atoms with Crippen LogP contribution in [0.5, 0.6) is 0 Å². The SMILES string of the molecule is CC(C)(C)OC(=O)NC1CCCC(NC2CC(O)C2)C1. The fourth-order valence-corrected chi connectivity index (χ4v) is 3.00. The van der Waals surface area contributed by atoms with E-state index >= 15 is 0 Å². The first-order valence-corrected chi connectivity index (χ1v) is 7.75. The fourth-order valence-electron chi connectivity index (χ4n) is 3.00. The summed E-state index contributed by atoms with van der Waals surface area (Å²) in [6, 6.07) is 1.09. The number of hydrogen-bond donors (Lipinski definition) is 3. The highest BCUT2D eigenvalue weighted by Crippen LogP contribution is 2.25. The lowest BCUT2D eigenvalue weighted by molar-refractivity contribution is 0.0460. The lowest BCUT2D eigenvalue weighted by atomic mass is 9.85. The molecule has 0 bridgehead atoms. The van der Waals surface area contributed by atoms with Gasteiger partial charge in [0.2, 0.25) is 0 Å². The Bertz CT molecular complexity index is 335. The first-order chi connectivity index (χ1) is 9.32. The topological polar surface area (TPSA) is 70.6 Å². The number of aliphatic hydroxyl groups excluding tert-OH is 1. The van der Waals surface area contributed by atoms with Crippen LogP contribution in [0.15, 0.2) is 0 Å². The van der Waals surface area contributed by atoms with E-state index < -0.39 is 5.60 Å². The minimum Gasteiger partial charge on any atom is -0.444 e. The molecule has 3 N–H and O–H groups in total. The Morgan fingerprint density at radius 2 is 1.75 bits per heavy atom. The van der Waals surface area contributed by atoms with E-state index in [0.29, 0.717) is 12.1 Å². The van der Waals surface area contributed by atoms with Gasteiger partial charge in [-0.2, -0.15) is 0 Å². The number of rotatable bonds is 3. The van der Waals surface area contributed by atoms with Crippen molar-refractivity contribution < 1.29 is 14.6 Å². The maximum absolute atomic E-state index is 11.8. The third-order valence-electron chi connectivity index (χ3n) is 3.98. The quantitative estimate of drug-likeness (QED) is 0.740. The van der Waals surface area contributed by atoms with Gasteiger partial charge in [0.1, 0.15) is 5.60 Å². The van der Waals surface area contributed by atoms with E-state index in [2.05, 4.69) is 10.6 Å². The molecule has 1 amide bonds. The number of amides is 1. The summed E-state index contributed by atoms with van der Waals surface area (Å²) in [4.78, 5) is 11.8. The maximum atomic E-state index is 11.8. The third-order valence-corrected chi connectivity index (χ3v) is 3.98. The monoisotopic (exact) mass is 284 g/mol. The summed E-state index contributed by atoms with van der Waals surface area (Å²) in [5.41, 5.74) is -0.446. The average Bonchev–Trinajstić information content (AvgIpc) is 2.24. The Labute approximate surface area is 121 Å². The van der Waals surface area contributed by atoms with Gasteiger partial charge in [-0.1, -0.05) is 0 Å². The molecule has 2 aliphatic rings. The highest BCUT2D eigenvalue weighted by Gasteiger charge is 2.31. The zero-order valence-corrected chi connectivity index (χ0v) is 12.8. The average molecular weight is 284 g/mol. The Balaban J connectivity index is 1.71. The molecule has 2 fully saturated rings. The predicted molar refractivity (Wildman–Crippen MR) is 77.6 cm³/mol. The summed E-state index contributed by atoms with van der Waals surface area (Å²) < 4.78 is 5.30. The van der Waals surface area contributed by atoms with Gasteiger partial charge in [0.15, 0.2) is 0 Å². The minimum absolute atomic E-state index is 0.119. The fraction of sp³-hybridized carbons (Fsp3) is 0.933. The zero-order chi connectivity index (χ0) is 14.8. The second-order valence-corrected chi connectivity index (χ2v) is 7.20. The first-order valence-electron chi connectivity index (χ1n) is 7.75. The van der Waals surface area contributed by atoms with Crippen LogP contribution >= 0.6 is 0 Å². The smallest absolute Gasteiger partial charge is 0.407 e. The number of ether oxygens (including phenoxy) is 1. The molecule has 2 unspecified atom stereocenters. The lowest BCUT2D eigenvalue weighted by Crippen LogP contribution is -2.52. The zero-order valence-electron chi connectivity index (χ0n) is 12.8. The predicted octanol–water partition coefficient (Wildman–Crippen LogP) is 1.94. The Kier molecular flexibility index (Phi) is 4.91. The second-order valence-electron chi connectivity index (χ2n) is 7.20. The van der Waals surface area contributed by atoms with Gasteiger partial charge >= 0.3 is 6.09 Å². The van der Waals surface area contributed by atoms with Crippen LogP contribution in [0.3, 0.4) is 0 Å². The van der Waals surface area contributed by atoms with Gasteiger partial charge in [-0.25, -0.2) is 4.79 Å². The molecule has 0 heterocycles. The molecule has 0 saturated heterocycles. The van der Waals surface area contributed by atoms with E-state index in [1.54, 1.807) is 0 Å². The molecule has 0 aromatic rings. The van der Waals surface area contributed by atoms with E-state index in [0.717, 1.165) is 38.5 Å². The summed E-state index contributed by atoms with van der Waals surface area (Å²) >= 11 is 0.